The Hall–Kier alpha value is -1.06. The average Bonchev–Trinajstić information content (AvgIpc) is 2.92. The number of ether oxygens (including phenoxy) is 1. The summed E-state index contributed by atoms with van der Waals surface area (Å²) in [5, 5.41) is 0. The Morgan fingerprint density at radius 3 is 3.16 bits per heavy atom. The summed E-state index contributed by atoms with van der Waals surface area (Å²) in [6.07, 6.45) is 3.56. The third-order valence-corrected chi connectivity index (χ3v) is 4.45. The molecule has 3 rings (SSSR count). The molecule has 3 nitrogen and oxygen atoms in total. The quantitative estimate of drug-likeness (QED) is 0.904. The minimum Gasteiger partial charge on any atom is -0.381 e. The second kappa shape index (κ2) is 5.51. The number of aryl methyl sites for hydroxylation is 2. The lowest BCUT2D eigenvalue weighted by Crippen LogP contribution is -2.44. The summed E-state index contributed by atoms with van der Waals surface area (Å²) < 4.78 is 5.45. The van der Waals surface area contributed by atoms with Gasteiger partial charge in [-0.25, -0.2) is 0 Å². The zero-order valence-electron chi connectivity index (χ0n) is 11.8. The van der Waals surface area contributed by atoms with Crippen molar-refractivity contribution in [2.45, 2.75) is 32.2 Å². The standard InChI is InChI=1S/C16H24N2O/c1-12-4-5-16-13(9-12)3-2-7-18(16)10-15(17)14-6-8-19-11-14/h4-5,9,14-15H,2-3,6-8,10-11,17H2,1H3. The number of hydrogen-bond acceptors (Lipinski definition) is 3. The lowest BCUT2D eigenvalue weighted by atomic mass is 9.96. The van der Waals surface area contributed by atoms with Crippen LogP contribution >= 0.6 is 0 Å². The van der Waals surface area contributed by atoms with Crippen LogP contribution in [0.5, 0.6) is 0 Å². The van der Waals surface area contributed by atoms with Gasteiger partial charge >= 0.3 is 0 Å². The van der Waals surface area contributed by atoms with Crippen LogP contribution in [0.2, 0.25) is 0 Å². The van der Waals surface area contributed by atoms with Gasteiger partial charge in [0.1, 0.15) is 0 Å². The van der Waals surface area contributed by atoms with Gasteiger partial charge in [-0.2, -0.15) is 0 Å². The highest BCUT2D eigenvalue weighted by Crippen LogP contribution is 2.29. The van der Waals surface area contributed by atoms with Crippen molar-refractivity contribution in [3.8, 4) is 0 Å². The van der Waals surface area contributed by atoms with Crippen LogP contribution in [0.4, 0.5) is 5.69 Å². The predicted octanol–water partition coefficient (Wildman–Crippen LogP) is 2.11. The highest BCUT2D eigenvalue weighted by atomic mass is 16.5. The highest BCUT2D eigenvalue weighted by Gasteiger charge is 2.26. The van der Waals surface area contributed by atoms with Gasteiger partial charge in [0.25, 0.3) is 0 Å². The van der Waals surface area contributed by atoms with E-state index in [9.17, 15) is 0 Å². The summed E-state index contributed by atoms with van der Waals surface area (Å²) in [6, 6.07) is 7.03. The molecule has 0 aromatic heterocycles. The van der Waals surface area contributed by atoms with Crippen LogP contribution < -0.4 is 10.6 Å². The Morgan fingerprint density at radius 1 is 1.47 bits per heavy atom. The SMILES string of the molecule is Cc1ccc2c(c1)CCCN2CC(N)C1CCOC1. The molecule has 104 valence electrons. The fourth-order valence-electron chi connectivity index (χ4n) is 3.29. The third-order valence-electron chi connectivity index (χ3n) is 4.45. The van der Waals surface area contributed by atoms with Crippen molar-refractivity contribution in [2.75, 3.05) is 31.2 Å². The lowest BCUT2D eigenvalue weighted by molar-refractivity contribution is 0.181. The molecule has 2 aliphatic heterocycles. The Kier molecular flexibility index (Phi) is 3.76. The summed E-state index contributed by atoms with van der Waals surface area (Å²) in [4.78, 5) is 2.47. The van der Waals surface area contributed by atoms with Crippen LogP contribution in [-0.4, -0.2) is 32.3 Å². The molecular weight excluding hydrogens is 236 g/mol. The van der Waals surface area contributed by atoms with Crippen molar-refractivity contribution in [1.29, 1.82) is 0 Å². The first-order valence-corrected chi connectivity index (χ1v) is 7.42. The highest BCUT2D eigenvalue weighted by molar-refractivity contribution is 5.56. The Balaban J connectivity index is 1.72. The Morgan fingerprint density at radius 2 is 2.37 bits per heavy atom. The molecule has 2 N–H and O–H groups in total. The Labute approximate surface area is 115 Å². The molecule has 0 amide bonds. The van der Waals surface area contributed by atoms with Crippen LogP contribution in [-0.2, 0) is 11.2 Å². The van der Waals surface area contributed by atoms with Gasteiger partial charge in [0.05, 0.1) is 6.61 Å². The molecule has 0 saturated carbocycles. The van der Waals surface area contributed by atoms with Gasteiger partial charge in [-0.3, -0.25) is 0 Å². The number of nitrogens with two attached hydrogens (primary N) is 1. The van der Waals surface area contributed by atoms with E-state index in [1.54, 1.807) is 0 Å². The van der Waals surface area contributed by atoms with Gasteiger partial charge in [0.2, 0.25) is 0 Å². The number of nitrogens with zero attached hydrogens (tertiary/aromatic N) is 1. The second-order valence-electron chi connectivity index (χ2n) is 5.97. The predicted molar refractivity (Wildman–Crippen MR) is 78.6 cm³/mol. The average molecular weight is 260 g/mol. The van der Waals surface area contributed by atoms with Crippen molar-refractivity contribution < 1.29 is 4.74 Å². The fourth-order valence-corrected chi connectivity index (χ4v) is 3.29. The van der Waals surface area contributed by atoms with E-state index in [1.807, 2.05) is 0 Å². The van der Waals surface area contributed by atoms with Crippen LogP contribution in [0.3, 0.4) is 0 Å². The van der Waals surface area contributed by atoms with Crippen LogP contribution in [0.25, 0.3) is 0 Å². The summed E-state index contributed by atoms with van der Waals surface area (Å²) in [6.45, 7) is 5.99. The van der Waals surface area contributed by atoms with Crippen LogP contribution in [0.1, 0.15) is 24.0 Å². The molecule has 1 aromatic carbocycles. The smallest absolute Gasteiger partial charge is 0.0510 e. The number of rotatable bonds is 3. The summed E-state index contributed by atoms with van der Waals surface area (Å²) >= 11 is 0. The van der Waals surface area contributed by atoms with Crippen molar-refractivity contribution in [3.63, 3.8) is 0 Å². The largest absolute Gasteiger partial charge is 0.381 e. The minimum atomic E-state index is 0.231. The molecule has 1 aromatic rings. The van der Waals surface area contributed by atoms with Crippen molar-refractivity contribution in [1.82, 2.24) is 0 Å². The first-order chi connectivity index (χ1) is 9.24. The first-order valence-electron chi connectivity index (χ1n) is 7.42. The third kappa shape index (κ3) is 2.77. The summed E-state index contributed by atoms with van der Waals surface area (Å²) in [5.41, 5.74) is 10.6. The maximum atomic E-state index is 6.38. The monoisotopic (exact) mass is 260 g/mol. The van der Waals surface area contributed by atoms with Gasteiger partial charge in [-0.1, -0.05) is 17.7 Å². The van der Waals surface area contributed by atoms with Gasteiger partial charge in [0.15, 0.2) is 0 Å². The molecular formula is C16H24N2O. The molecule has 1 fully saturated rings. The van der Waals surface area contributed by atoms with E-state index in [2.05, 4.69) is 30.0 Å². The molecule has 0 radical (unpaired) electrons. The van der Waals surface area contributed by atoms with Gasteiger partial charge < -0.3 is 15.4 Å². The number of fused-ring (bicyclic) bond motifs is 1. The molecule has 1 saturated heterocycles. The normalized spacial score (nSPS) is 24.3. The lowest BCUT2D eigenvalue weighted by Gasteiger charge is -2.34. The first kappa shape index (κ1) is 12.9. The second-order valence-corrected chi connectivity index (χ2v) is 5.97. The molecule has 0 spiro atoms. The van der Waals surface area contributed by atoms with Gasteiger partial charge in [0, 0.05) is 37.3 Å². The van der Waals surface area contributed by atoms with Gasteiger partial charge in [-0.15, -0.1) is 0 Å². The fraction of sp³-hybridized carbons (Fsp3) is 0.625. The van der Waals surface area contributed by atoms with E-state index in [1.165, 1.54) is 29.7 Å². The molecule has 0 aliphatic carbocycles. The molecule has 2 heterocycles. The molecule has 2 unspecified atom stereocenters. The van der Waals surface area contributed by atoms with Crippen LogP contribution in [0, 0.1) is 12.8 Å². The molecule has 2 atom stereocenters. The molecule has 2 aliphatic rings. The van der Waals surface area contributed by atoms with E-state index in [-0.39, 0.29) is 6.04 Å². The van der Waals surface area contributed by atoms with Crippen LogP contribution in [0.15, 0.2) is 18.2 Å². The van der Waals surface area contributed by atoms with E-state index >= 15 is 0 Å². The number of hydrogen-bond donors (Lipinski definition) is 1. The molecule has 3 heteroatoms. The number of anilines is 1. The molecule has 19 heavy (non-hydrogen) atoms. The van der Waals surface area contributed by atoms with Crippen molar-refractivity contribution in [3.05, 3.63) is 29.3 Å². The van der Waals surface area contributed by atoms with E-state index < -0.39 is 0 Å². The Bertz CT molecular complexity index is 440. The summed E-state index contributed by atoms with van der Waals surface area (Å²) in [7, 11) is 0. The summed E-state index contributed by atoms with van der Waals surface area (Å²) in [5.74, 6) is 0.538. The maximum Gasteiger partial charge on any atom is 0.0510 e. The maximum absolute atomic E-state index is 6.38. The minimum absolute atomic E-state index is 0.231. The zero-order valence-corrected chi connectivity index (χ0v) is 11.8. The number of benzene rings is 1. The van der Waals surface area contributed by atoms with E-state index in [0.717, 1.165) is 32.7 Å². The molecule has 0 bridgehead atoms. The zero-order chi connectivity index (χ0) is 13.2. The van der Waals surface area contributed by atoms with E-state index in [0.29, 0.717) is 5.92 Å². The van der Waals surface area contributed by atoms with Gasteiger partial charge in [-0.05, 0) is 37.8 Å². The topological polar surface area (TPSA) is 38.5 Å². The van der Waals surface area contributed by atoms with Crippen molar-refractivity contribution >= 4 is 5.69 Å². The van der Waals surface area contributed by atoms with E-state index in [4.69, 9.17) is 10.5 Å². The van der Waals surface area contributed by atoms with Crippen molar-refractivity contribution in [2.24, 2.45) is 11.7 Å².